The van der Waals surface area contributed by atoms with E-state index in [4.69, 9.17) is 4.74 Å². The molecule has 108 valence electrons. The largest absolute Gasteiger partial charge is 0.385 e. The Balaban J connectivity index is 0.00000289. The Labute approximate surface area is 120 Å². The number of carbonyl (C=O) groups is 1. The lowest BCUT2D eigenvalue weighted by molar-refractivity contribution is -0.121. The van der Waals surface area contributed by atoms with Crippen LogP contribution >= 0.6 is 24.2 Å². The lowest BCUT2D eigenvalue weighted by atomic mass is 10.2. The fourth-order valence-corrected chi connectivity index (χ4v) is 2.77. The SMILES string of the molecule is COCCCCCNC(=O)CC1CSCCN1.Cl. The normalized spacial score (nSPS) is 19.1. The van der Waals surface area contributed by atoms with E-state index >= 15 is 0 Å². The molecule has 1 rings (SSSR count). The number of ether oxygens (including phenoxy) is 1. The Kier molecular flexibility index (Phi) is 12.1. The van der Waals surface area contributed by atoms with Gasteiger partial charge in [0.1, 0.15) is 0 Å². The zero-order chi connectivity index (χ0) is 12.3. The highest BCUT2D eigenvalue weighted by atomic mass is 35.5. The van der Waals surface area contributed by atoms with Crippen LogP contribution in [0.3, 0.4) is 0 Å². The highest BCUT2D eigenvalue weighted by Gasteiger charge is 2.15. The van der Waals surface area contributed by atoms with Crippen molar-refractivity contribution >= 4 is 30.1 Å². The summed E-state index contributed by atoms with van der Waals surface area (Å²) in [5.74, 6) is 2.40. The van der Waals surface area contributed by atoms with Crippen molar-refractivity contribution in [2.24, 2.45) is 0 Å². The van der Waals surface area contributed by atoms with Crippen molar-refractivity contribution in [3.63, 3.8) is 0 Å². The molecule has 0 aromatic rings. The quantitative estimate of drug-likeness (QED) is 0.666. The van der Waals surface area contributed by atoms with Gasteiger partial charge in [-0.1, -0.05) is 0 Å². The average Bonchev–Trinajstić information content (AvgIpc) is 2.35. The summed E-state index contributed by atoms with van der Waals surface area (Å²) in [6, 6.07) is 0.363. The molecular weight excluding hydrogens is 272 g/mol. The number of unbranched alkanes of at least 4 members (excludes halogenated alkanes) is 2. The number of rotatable bonds is 8. The van der Waals surface area contributed by atoms with Gasteiger partial charge in [-0.05, 0) is 19.3 Å². The van der Waals surface area contributed by atoms with E-state index in [-0.39, 0.29) is 18.3 Å². The van der Waals surface area contributed by atoms with Crippen molar-refractivity contribution in [1.82, 2.24) is 10.6 Å². The fourth-order valence-electron chi connectivity index (χ4n) is 1.82. The van der Waals surface area contributed by atoms with Crippen LogP contribution in [0.4, 0.5) is 0 Å². The van der Waals surface area contributed by atoms with Crippen LogP contribution in [-0.2, 0) is 9.53 Å². The van der Waals surface area contributed by atoms with Gasteiger partial charge in [0.05, 0.1) is 0 Å². The van der Waals surface area contributed by atoms with Crippen LogP contribution in [0.25, 0.3) is 0 Å². The maximum atomic E-state index is 11.6. The maximum absolute atomic E-state index is 11.6. The molecule has 0 spiro atoms. The minimum atomic E-state index is 0. The molecule has 2 N–H and O–H groups in total. The van der Waals surface area contributed by atoms with Crippen LogP contribution < -0.4 is 10.6 Å². The number of methoxy groups -OCH3 is 1. The second-order valence-electron chi connectivity index (χ2n) is 4.33. The zero-order valence-electron chi connectivity index (χ0n) is 11.1. The predicted octanol–water partition coefficient (Wildman–Crippen LogP) is 1.44. The van der Waals surface area contributed by atoms with Crippen LogP contribution in [-0.4, -0.2) is 50.3 Å². The molecule has 1 atom stereocenters. The molecule has 0 saturated carbocycles. The van der Waals surface area contributed by atoms with Crippen molar-refractivity contribution in [2.75, 3.05) is 38.3 Å². The summed E-state index contributed by atoms with van der Waals surface area (Å²) in [5.41, 5.74) is 0. The summed E-state index contributed by atoms with van der Waals surface area (Å²) in [6.45, 7) is 2.64. The first kappa shape index (κ1) is 18.0. The van der Waals surface area contributed by atoms with Gasteiger partial charge in [-0.2, -0.15) is 11.8 Å². The summed E-state index contributed by atoms with van der Waals surface area (Å²) in [4.78, 5) is 11.6. The summed E-state index contributed by atoms with van der Waals surface area (Å²) in [5, 5.41) is 6.35. The number of carbonyl (C=O) groups excluding carboxylic acids is 1. The van der Waals surface area contributed by atoms with Crippen LogP contribution in [0.1, 0.15) is 25.7 Å². The highest BCUT2D eigenvalue weighted by Crippen LogP contribution is 2.09. The molecule has 0 aromatic heterocycles. The van der Waals surface area contributed by atoms with E-state index in [0.29, 0.717) is 12.5 Å². The van der Waals surface area contributed by atoms with Gasteiger partial charge in [-0.3, -0.25) is 4.79 Å². The topological polar surface area (TPSA) is 50.4 Å². The van der Waals surface area contributed by atoms with Gasteiger partial charge in [0.25, 0.3) is 0 Å². The van der Waals surface area contributed by atoms with Gasteiger partial charge in [0.2, 0.25) is 5.91 Å². The molecule has 4 nitrogen and oxygen atoms in total. The van der Waals surface area contributed by atoms with Crippen molar-refractivity contribution in [2.45, 2.75) is 31.7 Å². The Morgan fingerprint density at radius 3 is 2.94 bits per heavy atom. The van der Waals surface area contributed by atoms with Crippen molar-refractivity contribution in [3.05, 3.63) is 0 Å². The van der Waals surface area contributed by atoms with Crippen LogP contribution in [0.2, 0.25) is 0 Å². The van der Waals surface area contributed by atoms with Crippen LogP contribution in [0.15, 0.2) is 0 Å². The van der Waals surface area contributed by atoms with Crippen molar-refractivity contribution < 1.29 is 9.53 Å². The number of amides is 1. The first-order valence-corrected chi connectivity index (χ1v) is 7.55. The fraction of sp³-hybridized carbons (Fsp3) is 0.917. The second-order valence-corrected chi connectivity index (χ2v) is 5.48. The minimum absolute atomic E-state index is 0. The number of halogens is 1. The standard InChI is InChI=1S/C12H24N2O2S.ClH/c1-16-7-4-2-3-5-14-12(15)9-11-10-17-8-6-13-11;/h11,13H,2-10H2,1H3,(H,14,15);1H. The Bertz CT molecular complexity index is 214. The molecule has 1 aliphatic rings. The molecule has 6 heteroatoms. The van der Waals surface area contributed by atoms with Crippen LogP contribution in [0, 0.1) is 0 Å². The lowest BCUT2D eigenvalue weighted by Crippen LogP contribution is -2.41. The minimum Gasteiger partial charge on any atom is -0.385 e. The molecular formula is C12H25ClN2O2S. The van der Waals surface area contributed by atoms with E-state index in [1.165, 1.54) is 0 Å². The molecule has 0 aromatic carbocycles. The molecule has 0 bridgehead atoms. The number of nitrogens with one attached hydrogen (secondary N) is 2. The van der Waals surface area contributed by atoms with Crippen molar-refractivity contribution in [1.29, 1.82) is 0 Å². The number of thioether (sulfide) groups is 1. The molecule has 1 heterocycles. The molecule has 0 aliphatic carbocycles. The molecule has 18 heavy (non-hydrogen) atoms. The third kappa shape index (κ3) is 9.03. The number of hydrogen-bond acceptors (Lipinski definition) is 4. The van der Waals surface area contributed by atoms with E-state index in [2.05, 4.69) is 10.6 Å². The van der Waals surface area contributed by atoms with E-state index < -0.39 is 0 Å². The third-order valence-electron chi connectivity index (χ3n) is 2.78. The van der Waals surface area contributed by atoms with Gasteiger partial charge >= 0.3 is 0 Å². The second kappa shape index (κ2) is 12.1. The molecule has 1 aliphatic heterocycles. The van der Waals surface area contributed by atoms with Gasteiger partial charge in [-0.25, -0.2) is 0 Å². The van der Waals surface area contributed by atoms with E-state index in [0.717, 1.165) is 50.5 Å². The van der Waals surface area contributed by atoms with E-state index in [1.54, 1.807) is 7.11 Å². The third-order valence-corrected chi connectivity index (χ3v) is 3.91. The smallest absolute Gasteiger partial charge is 0.221 e. The lowest BCUT2D eigenvalue weighted by Gasteiger charge is -2.22. The van der Waals surface area contributed by atoms with Crippen LogP contribution in [0.5, 0.6) is 0 Å². The average molecular weight is 297 g/mol. The van der Waals surface area contributed by atoms with Gasteiger partial charge in [-0.15, -0.1) is 12.4 Å². The Morgan fingerprint density at radius 2 is 2.28 bits per heavy atom. The van der Waals surface area contributed by atoms with Gasteiger partial charge in [0, 0.05) is 50.8 Å². The van der Waals surface area contributed by atoms with E-state index in [1.807, 2.05) is 11.8 Å². The predicted molar refractivity (Wildman–Crippen MR) is 79.7 cm³/mol. The summed E-state index contributed by atoms with van der Waals surface area (Å²) >= 11 is 1.93. The van der Waals surface area contributed by atoms with Crippen molar-refractivity contribution in [3.8, 4) is 0 Å². The molecule has 1 unspecified atom stereocenters. The summed E-state index contributed by atoms with van der Waals surface area (Å²) in [7, 11) is 1.72. The molecule has 1 amide bonds. The Morgan fingerprint density at radius 1 is 1.44 bits per heavy atom. The van der Waals surface area contributed by atoms with Gasteiger partial charge < -0.3 is 15.4 Å². The molecule has 1 saturated heterocycles. The number of hydrogen-bond donors (Lipinski definition) is 2. The first-order valence-electron chi connectivity index (χ1n) is 6.39. The maximum Gasteiger partial charge on any atom is 0.221 e. The molecule has 0 radical (unpaired) electrons. The Hall–Kier alpha value is 0.0300. The van der Waals surface area contributed by atoms with Gasteiger partial charge in [0.15, 0.2) is 0 Å². The summed E-state index contributed by atoms with van der Waals surface area (Å²) in [6.07, 6.45) is 3.85. The summed E-state index contributed by atoms with van der Waals surface area (Å²) < 4.78 is 4.97. The first-order chi connectivity index (χ1) is 8.33. The molecule has 1 fully saturated rings. The van der Waals surface area contributed by atoms with E-state index in [9.17, 15) is 4.79 Å². The monoisotopic (exact) mass is 296 g/mol. The highest BCUT2D eigenvalue weighted by molar-refractivity contribution is 7.99. The zero-order valence-corrected chi connectivity index (χ0v) is 12.7.